The molecule has 0 fully saturated rings. The van der Waals surface area contributed by atoms with Crippen LogP contribution in [0.5, 0.6) is 11.5 Å². The zero-order chi connectivity index (χ0) is 18.8. The smallest absolute Gasteiger partial charge is 0.142 e. The van der Waals surface area contributed by atoms with Crippen LogP contribution in [0.4, 0.5) is 5.69 Å². The van der Waals surface area contributed by atoms with Crippen LogP contribution in [0.3, 0.4) is 0 Å². The Bertz CT molecular complexity index is 851. The lowest BCUT2D eigenvalue weighted by Crippen LogP contribution is -2.29. The Hall–Kier alpha value is -1.98. The van der Waals surface area contributed by atoms with Crippen LogP contribution in [-0.2, 0) is 4.74 Å². The third kappa shape index (κ3) is 3.58. The molecule has 1 heterocycles. The molecule has 4 nitrogen and oxygen atoms in total. The number of aromatic hydroxyl groups is 1. The van der Waals surface area contributed by atoms with Gasteiger partial charge in [0, 0.05) is 22.6 Å². The van der Waals surface area contributed by atoms with Crippen LogP contribution in [0.1, 0.15) is 36.4 Å². The molecule has 2 aromatic carbocycles. The van der Waals surface area contributed by atoms with E-state index in [2.05, 4.69) is 45.5 Å². The first kappa shape index (κ1) is 18.4. The Morgan fingerprint density at radius 1 is 1.19 bits per heavy atom. The molecule has 142 valence electrons. The molecule has 0 saturated heterocycles. The molecule has 2 aromatic rings. The van der Waals surface area contributed by atoms with Gasteiger partial charge in [-0.15, -0.1) is 0 Å². The molecule has 0 spiro atoms. The third-order valence-corrected chi connectivity index (χ3v) is 5.87. The first-order chi connectivity index (χ1) is 13.2. The van der Waals surface area contributed by atoms with Crippen molar-refractivity contribution in [2.75, 3.05) is 25.1 Å². The highest BCUT2D eigenvalue weighted by molar-refractivity contribution is 9.10. The molecular formula is C22H24BrNO3. The minimum Gasteiger partial charge on any atom is -0.508 e. The van der Waals surface area contributed by atoms with Crippen LogP contribution in [0.25, 0.3) is 0 Å². The molecule has 0 aromatic heterocycles. The Morgan fingerprint density at radius 2 is 2.07 bits per heavy atom. The van der Waals surface area contributed by atoms with Crippen molar-refractivity contribution < 1.29 is 14.6 Å². The minimum absolute atomic E-state index is 0.0200. The van der Waals surface area contributed by atoms with Crippen molar-refractivity contribution in [2.45, 2.75) is 25.3 Å². The van der Waals surface area contributed by atoms with E-state index in [9.17, 15) is 5.11 Å². The van der Waals surface area contributed by atoms with Gasteiger partial charge < -0.3 is 19.9 Å². The zero-order valence-electron chi connectivity index (χ0n) is 15.3. The van der Waals surface area contributed by atoms with Crippen LogP contribution >= 0.6 is 15.9 Å². The highest BCUT2D eigenvalue weighted by Crippen LogP contribution is 2.53. The van der Waals surface area contributed by atoms with Gasteiger partial charge in [0.1, 0.15) is 18.1 Å². The van der Waals surface area contributed by atoms with E-state index in [0.717, 1.165) is 27.9 Å². The zero-order valence-corrected chi connectivity index (χ0v) is 16.9. The fourth-order valence-electron chi connectivity index (χ4n) is 4.15. The molecule has 0 bridgehead atoms. The van der Waals surface area contributed by atoms with Crippen LogP contribution < -0.4 is 10.1 Å². The van der Waals surface area contributed by atoms with Crippen LogP contribution in [-0.4, -0.2) is 24.9 Å². The van der Waals surface area contributed by atoms with Gasteiger partial charge in [-0.3, -0.25) is 0 Å². The summed E-state index contributed by atoms with van der Waals surface area (Å²) in [5, 5.41) is 14.2. The topological polar surface area (TPSA) is 50.7 Å². The lowest BCUT2D eigenvalue weighted by molar-refractivity contribution is 0.110. The van der Waals surface area contributed by atoms with Gasteiger partial charge in [-0.1, -0.05) is 40.2 Å². The Morgan fingerprint density at radius 3 is 2.93 bits per heavy atom. The quantitative estimate of drug-likeness (QED) is 0.476. The van der Waals surface area contributed by atoms with Crippen molar-refractivity contribution >= 4 is 21.6 Å². The Labute approximate surface area is 168 Å². The lowest BCUT2D eigenvalue weighted by Gasteiger charge is -2.38. The normalized spacial score (nSPS) is 22.8. The summed E-state index contributed by atoms with van der Waals surface area (Å²) in [7, 11) is 0. The average Bonchev–Trinajstić information content (AvgIpc) is 3.17. The number of rotatable bonds is 6. The van der Waals surface area contributed by atoms with Crippen LogP contribution in [0, 0.1) is 5.92 Å². The van der Waals surface area contributed by atoms with E-state index in [4.69, 9.17) is 9.47 Å². The predicted molar refractivity (Wildman–Crippen MR) is 111 cm³/mol. The largest absolute Gasteiger partial charge is 0.508 e. The molecule has 0 saturated carbocycles. The third-order valence-electron chi connectivity index (χ3n) is 5.37. The van der Waals surface area contributed by atoms with Gasteiger partial charge in [-0.05, 0) is 49.1 Å². The van der Waals surface area contributed by atoms with Crippen molar-refractivity contribution in [3.8, 4) is 11.5 Å². The standard InChI is InChI=1S/C22H24BrNO3/c1-2-26-11-12-27-20-8-4-7-17-15-5-3-6-16(15)21(24-22(17)20)18-13-14(23)9-10-19(18)25/h3-5,7-10,13,15-16,21,24-25H,2,6,11-12H2,1H3. The summed E-state index contributed by atoms with van der Waals surface area (Å²) in [4.78, 5) is 0. The number of phenolic OH excluding ortho intramolecular Hbond substituents is 1. The molecule has 2 N–H and O–H groups in total. The molecule has 5 heteroatoms. The monoisotopic (exact) mass is 429 g/mol. The minimum atomic E-state index is 0.0200. The number of fused-ring (bicyclic) bond motifs is 3. The maximum atomic E-state index is 10.5. The molecule has 0 amide bonds. The second kappa shape index (κ2) is 7.95. The van der Waals surface area contributed by atoms with Crippen LogP contribution in [0.2, 0.25) is 0 Å². The number of allylic oxidation sites excluding steroid dienone is 2. The molecule has 1 aliphatic heterocycles. The molecular weight excluding hydrogens is 406 g/mol. The predicted octanol–water partition coefficient (Wildman–Crippen LogP) is 5.40. The fraction of sp³-hybridized carbons (Fsp3) is 0.364. The van der Waals surface area contributed by atoms with Crippen LogP contribution in [0.15, 0.2) is 53.0 Å². The van der Waals surface area contributed by atoms with E-state index < -0.39 is 0 Å². The van der Waals surface area contributed by atoms with Crippen molar-refractivity contribution in [1.82, 2.24) is 0 Å². The second-order valence-corrected chi connectivity index (χ2v) is 7.86. The number of ether oxygens (including phenoxy) is 2. The number of phenols is 1. The van der Waals surface area contributed by atoms with E-state index >= 15 is 0 Å². The maximum absolute atomic E-state index is 10.5. The first-order valence-corrected chi connectivity index (χ1v) is 10.2. The number of hydrogen-bond donors (Lipinski definition) is 2. The van der Waals surface area contributed by atoms with E-state index in [0.29, 0.717) is 37.4 Å². The van der Waals surface area contributed by atoms with Gasteiger partial charge in [-0.2, -0.15) is 0 Å². The van der Waals surface area contributed by atoms with Crippen molar-refractivity contribution in [3.05, 3.63) is 64.1 Å². The summed E-state index contributed by atoms with van der Waals surface area (Å²) in [6.45, 7) is 3.76. The van der Waals surface area contributed by atoms with E-state index in [1.807, 2.05) is 25.1 Å². The van der Waals surface area contributed by atoms with E-state index in [-0.39, 0.29) is 6.04 Å². The van der Waals surface area contributed by atoms with E-state index in [1.54, 1.807) is 6.07 Å². The molecule has 0 radical (unpaired) electrons. The molecule has 27 heavy (non-hydrogen) atoms. The number of anilines is 1. The van der Waals surface area contributed by atoms with Crippen molar-refractivity contribution in [2.24, 2.45) is 5.92 Å². The number of benzene rings is 2. The molecule has 3 unspecified atom stereocenters. The Kier molecular flexibility index (Phi) is 5.41. The number of halogens is 1. The molecule has 2 aliphatic rings. The SMILES string of the molecule is CCOCCOc1cccc2c1NC(c1cc(Br)ccc1O)C1CC=CC21. The summed E-state index contributed by atoms with van der Waals surface area (Å²) in [6, 6.07) is 11.9. The van der Waals surface area contributed by atoms with Crippen molar-refractivity contribution in [1.29, 1.82) is 0 Å². The van der Waals surface area contributed by atoms with Gasteiger partial charge in [0.2, 0.25) is 0 Å². The highest BCUT2D eigenvalue weighted by Gasteiger charge is 2.39. The summed E-state index contributed by atoms with van der Waals surface area (Å²) < 4.78 is 12.4. The van der Waals surface area contributed by atoms with Gasteiger partial charge >= 0.3 is 0 Å². The van der Waals surface area contributed by atoms with Gasteiger partial charge in [0.15, 0.2) is 0 Å². The lowest BCUT2D eigenvalue weighted by atomic mass is 9.76. The average molecular weight is 430 g/mol. The second-order valence-electron chi connectivity index (χ2n) is 6.94. The summed E-state index contributed by atoms with van der Waals surface area (Å²) in [5.74, 6) is 1.85. The fourth-order valence-corrected chi connectivity index (χ4v) is 4.53. The summed E-state index contributed by atoms with van der Waals surface area (Å²) in [5.41, 5.74) is 3.19. The van der Waals surface area contributed by atoms with Gasteiger partial charge in [-0.25, -0.2) is 0 Å². The van der Waals surface area contributed by atoms with Gasteiger partial charge in [0.05, 0.1) is 18.3 Å². The van der Waals surface area contributed by atoms with Crippen molar-refractivity contribution in [3.63, 3.8) is 0 Å². The maximum Gasteiger partial charge on any atom is 0.142 e. The molecule has 1 aliphatic carbocycles. The Balaban J connectivity index is 1.69. The molecule has 3 atom stereocenters. The van der Waals surface area contributed by atoms with E-state index in [1.165, 1.54) is 5.56 Å². The highest BCUT2D eigenvalue weighted by atomic mass is 79.9. The number of para-hydroxylation sites is 1. The number of nitrogens with one attached hydrogen (secondary N) is 1. The first-order valence-electron chi connectivity index (χ1n) is 9.44. The van der Waals surface area contributed by atoms with Gasteiger partial charge in [0.25, 0.3) is 0 Å². The number of hydrogen-bond acceptors (Lipinski definition) is 4. The summed E-state index contributed by atoms with van der Waals surface area (Å²) in [6.07, 6.45) is 5.52. The molecule has 4 rings (SSSR count). The summed E-state index contributed by atoms with van der Waals surface area (Å²) >= 11 is 3.54.